The molecule has 12 heteroatoms. The minimum Gasteiger partial charge on any atom is -0.463 e. The molecule has 9 nitrogen and oxygen atoms in total. The molecule has 2 aliphatic heterocycles. The van der Waals surface area contributed by atoms with Gasteiger partial charge in [-0.3, -0.25) is 14.3 Å². The first-order valence-corrected chi connectivity index (χ1v) is 15.7. The Labute approximate surface area is 258 Å². The number of fused-ring (bicyclic) bond motifs is 3. The summed E-state index contributed by atoms with van der Waals surface area (Å²) in [5, 5.41) is 11.5. The number of piperidine rings is 2. The highest BCUT2D eigenvalue weighted by atomic mass is 19.3. The first-order valence-electron chi connectivity index (χ1n) is 15.7. The fourth-order valence-corrected chi connectivity index (χ4v) is 7.95. The molecule has 3 fully saturated rings. The average molecular weight is 623 g/mol. The highest BCUT2D eigenvalue weighted by Crippen LogP contribution is 2.47. The van der Waals surface area contributed by atoms with Gasteiger partial charge in [-0.2, -0.15) is 18.7 Å². The first-order chi connectivity index (χ1) is 21.6. The molecule has 5 heterocycles. The van der Waals surface area contributed by atoms with Gasteiger partial charge in [0.15, 0.2) is 5.82 Å². The molecule has 3 atom stereocenters. The second-order valence-electron chi connectivity index (χ2n) is 13.3. The van der Waals surface area contributed by atoms with E-state index in [1.807, 2.05) is 4.90 Å². The summed E-state index contributed by atoms with van der Waals surface area (Å²) in [4.78, 5) is 30.8. The van der Waals surface area contributed by atoms with Crippen LogP contribution in [0.15, 0.2) is 41.5 Å². The number of β-amino-alcohol motifs (C(OH)–C–C–N with tert-alkyl or cyclic N) is 1. The smallest absolute Gasteiger partial charge is 0.321 e. The van der Waals surface area contributed by atoms with Gasteiger partial charge < -0.3 is 19.6 Å². The van der Waals surface area contributed by atoms with Crippen molar-refractivity contribution in [2.24, 2.45) is 5.41 Å². The van der Waals surface area contributed by atoms with Crippen LogP contribution in [0.5, 0.6) is 6.01 Å². The summed E-state index contributed by atoms with van der Waals surface area (Å²) in [6.07, 6.45) is 9.07. The summed E-state index contributed by atoms with van der Waals surface area (Å²) >= 11 is 0. The summed E-state index contributed by atoms with van der Waals surface area (Å²) in [5.74, 6) is -0.430. The van der Waals surface area contributed by atoms with Gasteiger partial charge in [0, 0.05) is 47.9 Å². The Balaban J connectivity index is 1.37. The lowest BCUT2D eigenvalue weighted by Gasteiger charge is -2.44. The van der Waals surface area contributed by atoms with E-state index < -0.39 is 23.5 Å². The molecule has 1 aliphatic carbocycles. The standard InChI is InChI=1S/C33H37F3N6O3/c1-32(44)11-6-15-41(18-32)28-22-16-37-26(23-17-42(30(35)36)29(43)21-9-4-3-8-20(21)23)25(34)27(22)38-31(39-28)45-19-33-12-5-10-24(33)40(2)14-7-13-33/h3-4,8-9,16-17,24,30,44H,5-7,10-15,18-19H2,1-2H3/t24-,32-,33-/m1/s1. The molecule has 238 valence electrons. The Morgan fingerprint density at radius 2 is 1.82 bits per heavy atom. The van der Waals surface area contributed by atoms with E-state index >= 15 is 4.39 Å². The molecular formula is C33H37F3N6O3. The van der Waals surface area contributed by atoms with Gasteiger partial charge >= 0.3 is 12.6 Å². The maximum Gasteiger partial charge on any atom is 0.321 e. The molecule has 2 saturated heterocycles. The van der Waals surface area contributed by atoms with E-state index in [4.69, 9.17) is 9.72 Å². The molecule has 1 saturated carbocycles. The van der Waals surface area contributed by atoms with E-state index in [2.05, 4.69) is 21.9 Å². The minimum absolute atomic E-state index is 0.0226. The Hall–Kier alpha value is -3.77. The van der Waals surface area contributed by atoms with E-state index in [1.54, 1.807) is 25.1 Å². The monoisotopic (exact) mass is 622 g/mol. The normalized spacial score (nSPS) is 25.8. The van der Waals surface area contributed by atoms with Crippen molar-refractivity contribution < 1.29 is 23.0 Å². The molecule has 1 aromatic carbocycles. The van der Waals surface area contributed by atoms with E-state index in [1.165, 1.54) is 12.3 Å². The van der Waals surface area contributed by atoms with Gasteiger partial charge in [-0.05, 0) is 70.5 Å². The summed E-state index contributed by atoms with van der Waals surface area (Å²) in [5.41, 5.74) is -2.10. The zero-order valence-electron chi connectivity index (χ0n) is 25.5. The van der Waals surface area contributed by atoms with Crippen molar-refractivity contribution in [2.75, 3.05) is 38.2 Å². The third kappa shape index (κ3) is 5.21. The molecule has 0 spiro atoms. The number of aromatic nitrogens is 4. The van der Waals surface area contributed by atoms with Crippen LogP contribution < -0.4 is 15.2 Å². The van der Waals surface area contributed by atoms with Crippen molar-refractivity contribution in [1.29, 1.82) is 0 Å². The molecule has 0 radical (unpaired) electrons. The number of alkyl halides is 2. The number of rotatable bonds is 6. The third-order valence-electron chi connectivity index (χ3n) is 10.1. The molecule has 1 N–H and O–H groups in total. The van der Waals surface area contributed by atoms with Crippen molar-refractivity contribution in [3.05, 3.63) is 52.8 Å². The third-order valence-corrected chi connectivity index (χ3v) is 10.1. The molecule has 3 aliphatic rings. The lowest BCUT2D eigenvalue weighted by atomic mass is 9.76. The van der Waals surface area contributed by atoms with Crippen LogP contribution in [-0.4, -0.2) is 74.5 Å². The van der Waals surface area contributed by atoms with Crippen LogP contribution in [0.1, 0.15) is 58.4 Å². The average Bonchev–Trinajstić information content (AvgIpc) is 3.46. The van der Waals surface area contributed by atoms with Crippen LogP contribution in [0.4, 0.5) is 19.0 Å². The Bertz CT molecular complexity index is 1830. The van der Waals surface area contributed by atoms with E-state index in [9.17, 15) is 18.7 Å². The number of likely N-dealkylation sites (tertiary alicyclic amines) is 1. The number of anilines is 1. The van der Waals surface area contributed by atoms with Crippen molar-refractivity contribution >= 4 is 27.5 Å². The fraction of sp³-hybridized carbons (Fsp3) is 0.515. The Morgan fingerprint density at radius 3 is 2.60 bits per heavy atom. The number of hydrogen-bond acceptors (Lipinski definition) is 8. The Morgan fingerprint density at radius 1 is 1.07 bits per heavy atom. The highest BCUT2D eigenvalue weighted by Gasteiger charge is 2.47. The van der Waals surface area contributed by atoms with Crippen molar-refractivity contribution in [3.8, 4) is 17.3 Å². The molecule has 7 rings (SSSR count). The number of hydrogen-bond donors (Lipinski definition) is 1. The maximum atomic E-state index is 16.7. The summed E-state index contributed by atoms with van der Waals surface area (Å²) in [7, 11) is 2.15. The number of nitrogens with zero attached hydrogens (tertiary/aromatic N) is 6. The summed E-state index contributed by atoms with van der Waals surface area (Å²) in [6.45, 7) is 0.955. The van der Waals surface area contributed by atoms with E-state index in [0.717, 1.165) is 44.8 Å². The van der Waals surface area contributed by atoms with Crippen LogP contribution in [0.25, 0.3) is 32.9 Å². The topological polar surface area (TPSA) is 96.6 Å². The van der Waals surface area contributed by atoms with E-state index in [0.29, 0.717) is 48.6 Å². The Kier molecular flexibility index (Phi) is 7.47. The maximum absolute atomic E-state index is 16.7. The first kappa shape index (κ1) is 29.9. The van der Waals surface area contributed by atoms with Crippen molar-refractivity contribution in [2.45, 2.75) is 70.1 Å². The second kappa shape index (κ2) is 11.2. The quantitative estimate of drug-likeness (QED) is 0.300. The number of halogens is 3. The van der Waals surface area contributed by atoms with Gasteiger partial charge in [-0.25, -0.2) is 4.39 Å². The zero-order chi connectivity index (χ0) is 31.5. The lowest BCUT2D eigenvalue weighted by molar-refractivity contribution is 0.0132. The van der Waals surface area contributed by atoms with Gasteiger partial charge in [0.05, 0.1) is 17.6 Å². The zero-order valence-corrected chi connectivity index (χ0v) is 25.5. The molecule has 45 heavy (non-hydrogen) atoms. The van der Waals surface area contributed by atoms with Crippen molar-refractivity contribution in [3.63, 3.8) is 0 Å². The van der Waals surface area contributed by atoms with Crippen LogP contribution in [-0.2, 0) is 0 Å². The molecule has 3 aromatic heterocycles. The number of ether oxygens (including phenoxy) is 1. The minimum atomic E-state index is -3.12. The lowest BCUT2D eigenvalue weighted by Crippen LogP contribution is -2.50. The fourth-order valence-electron chi connectivity index (χ4n) is 7.95. The molecule has 0 amide bonds. The van der Waals surface area contributed by atoms with Crippen LogP contribution in [0.3, 0.4) is 0 Å². The number of benzene rings is 1. The summed E-state index contributed by atoms with van der Waals surface area (Å²) in [6, 6.07) is 6.67. The highest BCUT2D eigenvalue weighted by molar-refractivity contribution is 5.98. The molecular weight excluding hydrogens is 585 g/mol. The largest absolute Gasteiger partial charge is 0.463 e. The van der Waals surface area contributed by atoms with Gasteiger partial charge in [-0.1, -0.05) is 24.6 Å². The van der Waals surface area contributed by atoms with Crippen LogP contribution in [0, 0.1) is 11.2 Å². The molecule has 4 aromatic rings. The van der Waals surface area contributed by atoms with Gasteiger partial charge in [-0.15, -0.1) is 0 Å². The van der Waals surface area contributed by atoms with Crippen molar-refractivity contribution in [1.82, 2.24) is 24.4 Å². The predicted molar refractivity (Wildman–Crippen MR) is 165 cm³/mol. The predicted octanol–water partition coefficient (Wildman–Crippen LogP) is 5.54. The number of aliphatic hydroxyl groups is 1. The van der Waals surface area contributed by atoms with Gasteiger partial charge in [0.1, 0.15) is 17.0 Å². The molecule has 0 bridgehead atoms. The van der Waals surface area contributed by atoms with Gasteiger partial charge in [0.25, 0.3) is 5.56 Å². The van der Waals surface area contributed by atoms with Gasteiger partial charge in [0.2, 0.25) is 0 Å². The van der Waals surface area contributed by atoms with E-state index in [-0.39, 0.29) is 44.7 Å². The number of pyridine rings is 2. The summed E-state index contributed by atoms with van der Waals surface area (Å²) < 4.78 is 51.2. The molecule has 0 unspecified atom stereocenters. The second-order valence-corrected chi connectivity index (χ2v) is 13.3. The van der Waals surface area contributed by atoms with Crippen LogP contribution in [0.2, 0.25) is 0 Å². The van der Waals surface area contributed by atoms with Crippen LogP contribution >= 0.6 is 0 Å². The SMILES string of the molecule is CN1CCC[C@@]2(COc3nc(N4CCC[C@@](C)(O)C4)c4cnc(-c5cn(C(F)F)c(=O)c6ccccc56)c(F)c4n3)CCC[C@@H]12.